The molecule has 1 N–H and O–H groups in total. The third-order valence-corrected chi connectivity index (χ3v) is 2.84. The molecule has 1 aliphatic carbocycles. The molecule has 17 heavy (non-hydrogen) atoms. The van der Waals surface area contributed by atoms with Crippen molar-refractivity contribution in [3.8, 4) is 0 Å². The number of pyridine rings is 1. The smallest absolute Gasteiger partial charge is 0.407 e. The first-order valence-electron chi connectivity index (χ1n) is 6.06. The highest BCUT2D eigenvalue weighted by atomic mass is 16.5. The first-order chi connectivity index (χ1) is 8.24. The van der Waals surface area contributed by atoms with Crippen molar-refractivity contribution in [1.29, 1.82) is 0 Å². The molecule has 1 saturated carbocycles. The first-order valence-corrected chi connectivity index (χ1v) is 6.06. The molecular formula is C13H18N2O2. The first kappa shape index (κ1) is 11.9. The Morgan fingerprint density at radius 1 is 1.65 bits per heavy atom. The van der Waals surface area contributed by atoms with Gasteiger partial charge in [-0.15, -0.1) is 0 Å². The van der Waals surface area contributed by atoms with E-state index in [1.54, 1.807) is 12.4 Å². The van der Waals surface area contributed by atoms with Gasteiger partial charge in [-0.2, -0.15) is 0 Å². The van der Waals surface area contributed by atoms with Gasteiger partial charge in [0.25, 0.3) is 0 Å². The summed E-state index contributed by atoms with van der Waals surface area (Å²) < 4.78 is 5.11. The van der Waals surface area contributed by atoms with Crippen LogP contribution >= 0.6 is 0 Å². The highest BCUT2D eigenvalue weighted by molar-refractivity contribution is 5.67. The third kappa shape index (κ3) is 4.43. The van der Waals surface area contributed by atoms with Crippen molar-refractivity contribution in [3.63, 3.8) is 0 Å². The molecule has 4 heteroatoms. The van der Waals surface area contributed by atoms with Crippen LogP contribution in [0, 0.1) is 5.92 Å². The Morgan fingerprint density at radius 3 is 3.12 bits per heavy atom. The van der Waals surface area contributed by atoms with Gasteiger partial charge in [0.05, 0.1) is 0 Å². The summed E-state index contributed by atoms with van der Waals surface area (Å²) in [7, 11) is 0. The zero-order valence-electron chi connectivity index (χ0n) is 10.1. The van der Waals surface area contributed by atoms with E-state index in [9.17, 15) is 4.79 Å². The van der Waals surface area contributed by atoms with Crippen molar-refractivity contribution >= 4 is 6.09 Å². The second kappa shape index (κ2) is 5.66. The van der Waals surface area contributed by atoms with Crippen LogP contribution in [-0.2, 0) is 11.3 Å². The van der Waals surface area contributed by atoms with Gasteiger partial charge in [-0.25, -0.2) is 4.79 Å². The lowest BCUT2D eigenvalue weighted by Gasteiger charge is -2.13. The maximum absolute atomic E-state index is 11.5. The maximum Gasteiger partial charge on any atom is 0.407 e. The van der Waals surface area contributed by atoms with E-state index in [2.05, 4.69) is 10.3 Å². The number of hydrogen-bond donors (Lipinski definition) is 1. The number of carbonyl (C=O) groups is 1. The molecule has 0 aliphatic heterocycles. The second-order valence-corrected chi connectivity index (χ2v) is 4.66. The number of hydrogen-bond acceptors (Lipinski definition) is 3. The fourth-order valence-electron chi connectivity index (χ4n) is 1.79. The lowest BCUT2D eigenvalue weighted by atomic mass is 10.2. The number of carbonyl (C=O) groups excluding carboxylic acids is 1. The van der Waals surface area contributed by atoms with Gasteiger partial charge in [0, 0.05) is 24.0 Å². The zero-order chi connectivity index (χ0) is 12.1. The van der Waals surface area contributed by atoms with Gasteiger partial charge in [0.15, 0.2) is 0 Å². The number of ether oxygens (including phenoxy) is 1. The van der Waals surface area contributed by atoms with Gasteiger partial charge in [-0.1, -0.05) is 18.9 Å². The Morgan fingerprint density at radius 2 is 2.47 bits per heavy atom. The zero-order valence-corrected chi connectivity index (χ0v) is 10.1. The molecule has 1 heterocycles. The summed E-state index contributed by atoms with van der Waals surface area (Å²) in [4.78, 5) is 15.4. The van der Waals surface area contributed by atoms with Crippen LogP contribution in [0.3, 0.4) is 0 Å². The number of alkyl carbamates (subject to hydrolysis) is 1. The van der Waals surface area contributed by atoms with E-state index in [1.165, 1.54) is 12.8 Å². The van der Waals surface area contributed by atoms with E-state index >= 15 is 0 Å². The molecule has 92 valence electrons. The summed E-state index contributed by atoms with van der Waals surface area (Å²) in [5.74, 6) is 0.809. The molecule has 1 fully saturated rings. The van der Waals surface area contributed by atoms with Gasteiger partial charge in [0.1, 0.15) is 6.61 Å². The molecule has 0 radical (unpaired) electrons. The second-order valence-electron chi connectivity index (χ2n) is 4.66. The molecule has 1 aromatic rings. The third-order valence-electron chi connectivity index (χ3n) is 2.84. The van der Waals surface area contributed by atoms with Crippen molar-refractivity contribution in [2.75, 3.05) is 0 Å². The minimum Gasteiger partial charge on any atom is -0.445 e. The van der Waals surface area contributed by atoms with Crippen LogP contribution in [0.1, 0.15) is 31.7 Å². The quantitative estimate of drug-likeness (QED) is 0.851. The molecule has 1 amide bonds. The summed E-state index contributed by atoms with van der Waals surface area (Å²) in [6.45, 7) is 2.29. The number of nitrogens with zero attached hydrogens (tertiary/aromatic N) is 1. The van der Waals surface area contributed by atoms with Crippen molar-refractivity contribution in [1.82, 2.24) is 10.3 Å². The molecule has 0 bridgehead atoms. The van der Waals surface area contributed by atoms with Gasteiger partial charge in [-0.3, -0.25) is 4.98 Å². The molecule has 0 saturated heterocycles. The fourth-order valence-corrected chi connectivity index (χ4v) is 1.79. The molecule has 1 aromatic heterocycles. The Labute approximate surface area is 101 Å². The van der Waals surface area contributed by atoms with Crippen LogP contribution in [0.2, 0.25) is 0 Å². The highest BCUT2D eigenvalue weighted by Crippen LogP contribution is 2.33. The predicted molar refractivity (Wildman–Crippen MR) is 64.4 cm³/mol. The topological polar surface area (TPSA) is 51.2 Å². The predicted octanol–water partition coefficient (Wildman–Crippen LogP) is 2.50. The highest BCUT2D eigenvalue weighted by Gasteiger charge is 2.24. The van der Waals surface area contributed by atoms with E-state index in [0.717, 1.165) is 17.9 Å². The normalized spacial score (nSPS) is 16.3. The lowest BCUT2D eigenvalue weighted by molar-refractivity contribution is 0.135. The number of aromatic nitrogens is 1. The van der Waals surface area contributed by atoms with E-state index in [1.807, 2.05) is 19.1 Å². The van der Waals surface area contributed by atoms with Crippen LogP contribution in [0.25, 0.3) is 0 Å². The van der Waals surface area contributed by atoms with Gasteiger partial charge >= 0.3 is 6.09 Å². The van der Waals surface area contributed by atoms with Crippen molar-refractivity contribution in [3.05, 3.63) is 30.1 Å². The van der Waals surface area contributed by atoms with Crippen LogP contribution in [0.4, 0.5) is 4.79 Å². The van der Waals surface area contributed by atoms with Crippen LogP contribution in [-0.4, -0.2) is 17.1 Å². The molecule has 1 atom stereocenters. The number of nitrogens with one attached hydrogen (secondary N) is 1. The van der Waals surface area contributed by atoms with Gasteiger partial charge in [0.2, 0.25) is 0 Å². The molecular weight excluding hydrogens is 216 g/mol. The minimum atomic E-state index is -0.345. The summed E-state index contributed by atoms with van der Waals surface area (Å²) in [5, 5.41) is 2.84. The Kier molecular flexibility index (Phi) is 3.96. The van der Waals surface area contributed by atoms with Crippen molar-refractivity contribution < 1.29 is 9.53 Å². The average Bonchev–Trinajstić information content (AvgIpc) is 3.11. The summed E-state index contributed by atoms with van der Waals surface area (Å²) in [6.07, 6.45) is 6.71. The SMILES string of the molecule is CC(CC1CC1)NC(=O)OCc1cccnc1. The monoisotopic (exact) mass is 234 g/mol. The summed E-state index contributed by atoms with van der Waals surface area (Å²) in [5.41, 5.74) is 0.900. The van der Waals surface area contributed by atoms with Crippen molar-refractivity contribution in [2.24, 2.45) is 5.92 Å². The summed E-state index contributed by atoms with van der Waals surface area (Å²) in [6, 6.07) is 3.91. The maximum atomic E-state index is 11.5. The molecule has 4 nitrogen and oxygen atoms in total. The molecule has 1 aliphatic rings. The fraction of sp³-hybridized carbons (Fsp3) is 0.538. The largest absolute Gasteiger partial charge is 0.445 e. The van der Waals surface area contributed by atoms with Crippen LogP contribution in [0.5, 0.6) is 0 Å². The van der Waals surface area contributed by atoms with Gasteiger partial charge in [-0.05, 0) is 25.3 Å². The Bertz CT molecular complexity index is 363. The lowest BCUT2D eigenvalue weighted by Crippen LogP contribution is -2.33. The van der Waals surface area contributed by atoms with Crippen LogP contribution < -0.4 is 5.32 Å². The Hall–Kier alpha value is -1.58. The number of amides is 1. The van der Waals surface area contributed by atoms with E-state index in [-0.39, 0.29) is 18.7 Å². The van der Waals surface area contributed by atoms with Gasteiger partial charge < -0.3 is 10.1 Å². The Balaban J connectivity index is 1.66. The van der Waals surface area contributed by atoms with E-state index in [4.69, 9.17) is 4.74 Å². The average molecular weight is 234 g/mol. The minimum absolute atomic E-state index is 0.198. The molecule has 1 unspecified atom stereocenters. The molecule has 0 aromatic carbocycles. The van der Waals surface area contributed by atoms with E-state index < -0.39 is 0 Å². The van der Waals surface area contributed by atoms with Crippen LogP contribution in [0.15, 0.2) is 24.5 Å². The molecule has 0 spiro atoms. The van der Waals surface area contributed by atoms with E-state index in [0.29, 0.717) is 0 Å². The standard InChI is InChI=1S/C13H18N2O2/c1-10(7-11-4-5-11)15-13(16)17-9-12-3-2-6-14-8-12/h2-3,6,8,10-11H,4-5,7,9H2,1H3,(H,15,16). The summed E-state index contributed by atoms with van der Waals surface area (Å²) >= 11 is 0. The number of rotatable bonds is 5. The molecule has 2 rings (SSSR count). The van der Waals surface area contributed by atoms with Crippen molar-refractivity contribution in [2.45, 2.75) is 38.8 Å².